The van der Waals surface area contributed by atoms with Gasteiger partial charge in [-0.25, -0.2) is 4.98 Å². The number of rotatable bonds is 2. The molecule has 0 spiro atoms. The highest BCUT2D eigenvalue weighted by molar-refractivity contribution is 5.65. The molecule has 0 bridgehead atoms. The van der Waals surface area contributed by atoms with Crippen LogP contribution in [0.2, 0.25) is 0 Å². The van der Waals surface area contributed by atoms with Gasteiger partial charge in [0.1, 0.15) is 5.75 Å². The van der Waals surface area contributed by atoms with Gasteiger partial charge in [-0.15, -0.1) is 13.2 Å². The number of hydrogen-bond acceptors (Lipinski definition) is 4. The van der Waals surface area contributed by atoms with Crippen molar-refractivity contribution in [2.75, 3.05) is 5.73 Å². The topological polar surface area (TPSA) is 61.3 Å². The van der Waals surface area contributed by atoms with Crippen molar-refractivity contribution in [1.29, 1.82) is 0 Å². The highest BCUT2D eigenvalue weighted by Gasteiger charge is 2.32. The molecule has 2 aromatic rings. The molecule has 17 heavy (non-hydrogen) atoms. The number of para-hydroxylation sites is 1. The fourth-order valence-corrected chi connectivity index (χ4v) is 1.30. The van der Waals surface area contributed by atoms with Gasteiger partial charge in [-0.1, -0.05) is 12.1 Å². The average molecular weight is 244 g/mol. The van der Waals surface area contributed by atoms with E-state index < -0.39 is 6.36 Å². The van der Waals surface area contributed by atoms with Crippen LogP contribution in [-0.4, -0.2) is 11.3 Å². The molecular weight excluding hydrogens is 237 g/mol. The standard InChI is InChI=1S/C10H7F3N2O2/c11-10(12,13)17-7-4-2-1-3-6(7)8-5-15-9(14)16-8/h1-5H,(H2,14,15). The molecule has 0 atom stereocenters. The maximum Gasteiger partial charge on any atom is 0.573 e. The Morgan fingerprint density at radius 1 is 1.24 bits per heavy atom. The first kappa shape index (κ1) is 11.3. The van der Waals surface area contributed by atoms with Crippen molar-refractivity contribution in [2.45, 2.75) is 6.36 Å². The van der Waals surface area contributed by atoms with E-state index in [0.717, 1.165) is 0 Å². The van der Waals surface area contributed by atoms with Crippen molar-refractivity contribution in [3.63, 3.8) is 0 Å². The zero-order valence-electron chi connectivity index (χ0n) is 8.36. The van der Waals surface area contributed by atoms with Crippen molar-refractivity contribution in [1.82, 2.24) is 4.98 Å². The van der Waals surface area contributed by atoms with Crippen LogP contribution in [0.15, 0.2) is 34.9 Å². The van der Waals surface area contributed by atoms with Gasteiger partial charge in [0.15, 0.2) is 5.76 Å². The minimum atomic E-state index is -4.76. The van der Waals surface area contributed by atoms with Crippen LogP contribution in [-0.2, 0) is 0 Å². The zero-order valence-corrected chi connectivity index (χ0v) is 8.36. The number of hydrogen-bond donors (Lipinski definition) is 1. The Bertz CT molecular complexity index is 522. The molecule has 4 nitrogen and oxygen atoms in total. The van der Waals surface area contributed by atoms with Crippen molar-refractivity contribution >= 4 is 6.01 Å². The van der Waals surface area contributed by atoms with Gasteiger partial charge in [0.2, 0.25) is 0 Å². The molecule has 0 radical (unpaired) electrons. The van der Waals surface area contributed by atoms with Gasteiger partial charge in [-0.05, 0) is 12.1 Å². The minimum Gasteiger partial charge on any atom is -0.424 e. The Morgan fingerprint density at radius 3 is 2.53 bits per heavy atom. The number of alkyl halides is 3. The second kappa shape index (κ2) is 4.00. The van der Waals surface area contributed by atoms with Crippen molar-refractivity contribution in [3.05, 3.63) is 30.5 Å². The van der Waals surface area contributed by atoms with Gasteiger partial charge in [0, 0.05) is 0 Å². The fourth-order valence-electron chi connectivity index (χ4n) is 1.30. The van der Waals surface area contributed by atoms with Crippen LogP contribution in [0.4, 0.5) is 19.2 Å². The molecule has 0 aliphatic carbocycles. The highest BCUT2D eigenvalue weighted by atomic mass is 19.4. The predicted molar refractivity (Wildman–Crippen MR) is 53.0 cm³/mol. The van der Waals surface area contributed by atoms with Gasteiger partial charge in [-0.3, -0.25) is 0 Å². The van der Waals surface area contributed by atoms with Crippen LogP contribution in [0.3, 0.4) is 0 Å². The van der Waals surface area contributed by atoms with E-state index in [1.807, 2.05) is 0 Å². The van der Waals surface area contributed by atoms with Crippen LogP contribution in [0.1, 0.15) is 0 Å². The second-order valence-electron chi connectivity index (χ2n) is 3.11. The van der Waals surface area contributed by atoms with E-state index in [0.29, 0.717) is 0 Å². The van der Waals surface area contributed by atoms with Crippen LogP contribution >= 0.6 is 0 Å². The van der Waals surface area contributed by atoms with Crippen molar-refractivity contribution in [2.24, 2.45) is 0 Å². The number of benzene rings is 1. The number of aromatic nitrogens is 1. The van der Waals surface area contributed by atoms with Crippen LogP contribution in [0.25, 0.3) is 11.3 Å². The van der Waals surface area contributed by atoms with Gasteiger partial charge >= 0.3 is 6.36 Å². The van der Waals surface area contributed by atoms with Crippen LogP contribution in [0.5, 0.6) is 5.75 Å². The highest BCUT2D eigenvalue weighted by Crippen LogP contribution is 2.34. The smallest absolute Gasteiger partial charge is 0.424 e. The number of nitrogen functional groups attached to an aromatic ring is 1. The van der Waals surface area contributed by atoms with Crippen LogP contribution in [0, 0.1) is 0 Å². The van der Waals surface area contributed by atoms with E-state index in [1.54, 1.807) is 6.07 Å². The number of nitrogens with two attached hydrogens (primary N) is 1. The number of halogens is 3. The molecule has 0 fully saturated rings. The number of anilines is 1. The summed E-state index contributed by atoms with van der Waals surface area (Å²) in [6.45, 7) is 0. The minimum absolute atomic E-state index is 0.113. The Hall–Kier alpha value is -2.18. The van der Waals surface area contributed by atoms with E-state index >= 15 is 0 Å². The van der Waals surface area contributed by atoms with Crippen molar-refractivity contribution < 1.29 is 22.3 Å². The first-order chi connectivity index (χ1) is 7.96. The third kappa shape index (κ3) is 2.68. The summed E-state index contributed by atoms with van der Waals surface area (Å²) < 4.78 is 45.3. The molecule has 2 N–H and O–H groups in total. The van der Waals surface area contributed by atoms with Gasteiger partial charge in [0.25, 0.3) is 6.01 Å². The quantitative estimate of drug-likeness (QED) is 0.882. The fraction of sp³-hybridized carbons (Fsp3) is 0.100. The molecule has 0 saturated carbocycles. The van der Waals surface area contributed by atoms with E-state index in [-0.39, 0.29) is 23.1 Å². The second-order valence-corrected chi connectivity index (χ2v) is 3.11. The summed E-state index contributed by atoms with van der Waals surface area (Å²) in [5, 5.41) is 0. The lowest BCUT2D eigenvalue weighted by Gasteiger charge is -2.11. The summed E-state index contributed by atoms with van der Waals surface area (Å²) in [6.07, 6.45) is -3.53. The molecule has 0 aliphatic heterocycles. The molecule has 2 rings (SSSR count). The molecule has 0 saturated heterocycles. The average Bonchev–Trinajstić information content (AvgIpc) is 2.63. The van der Waals surface area contributed by atoms with Crippen LogP contribution < -0.4 is 10.5 Å². The van der Waals surface area contributed by atoms with E-state index in [2.05, 4.69) is 9.72 Å². The normalized spacial score (nSPS) is 11.5. The first-order valence-electron chi connectivity index (χ1n) is 4.52. The molecule has 7 heteroatoms. The van der Waals surface area contributed by atoms with E-state index in [4.69, 9.17) is 10.2 Å². The summed E-state index contributed by atoms with van der Waals surface area (Å²) in [4.78, 5) is 3.60. The number of nitrogens with zero attached hydrogens (tertiary/aromatic N) is 1. The molecule has 0 aliphatic rings. The van der Waals surface area contributed by atoms with Gasteiger partial charge in [0.05, 0.1) is 11.8 Å². The summed E-state index contributed by atoms with van der Waals surface area (Å²) in [5.74, 6) is -0.251. The first-order valence-corrected chi connectivity index (χ1v) is 4.52. The molecule has 1 aromatic carbocycles. The largest absolute Gasteiger partial charge is 0.573 e. The van der Waals surface area contributed by atoms with E-state index in [9.17, 15) is 13.2 Å². The lowest BCUT2D eigenvalue weighted by atomic mass is 10.1. The Balaban J connectivity index is 2.41. The molecule has 0 unspecified atom stereocenters. The Kier molecular flexibility index (Phi) is 2.66. The maximum atomic E-state index is 12.1. The predicted octanol–water partition coefficient (Wildman–Crippen LogP) is 2.82. The van der Waals surface area contributed by atoms with Gasteiger partial charge in [-0.2, -0.15) is 0 Å². The third-order valence-corrected chi connectivity index (χ3v) is 1.90. The lowest BCUT2D eigenvalue weighted by molar-refractivity contribution is -0.274. The van der Waals surface area contributed by atoms with Gasteiger partial charge < -0.3 is 14.9 Å². The zero-order chi connectivity index (χ0) is 12.5. The third-order valence-electron chi connectivity index (χ3n) is 1.90. The molecule has 1 aromatic heterocycles. The summed E-state index contributed by atoms with van der Waals surface area (Å²) in [6, 6.07) is 5.45. The summed E-state index contributed by atoms with van der Waals surface area (Å²) in [5.41, 5.74) is 5.39. The molecule has 90 valence electrons. The molecule has 1 heterocycles. The lowest BCUT2D eigenvalue weighted by Crippen LogP contribution is -2.17. The Labute approximate surface area is 93.8 Å². The molecular formula is C10H7F3N2O2. The number of ether oxygens (including phenoxy) is 1. The number of oxazole rings is 1. The SMILES string of the molecule is Nc1ncc(-c2ccccc2OC(F)(F)F)o1. The Morgan fingerprint density at radius 2 is 1.94 bits per heavy atom. The summed E-state index contributed by atoms with van der Waals surface area (Å²) in [7, 11) is 0. The van der Waals surface area contributed by atoms with Crippen molar-refractivity contribution in [3.8, 4) is 17.1 Å². The maximum absolute atomic E-state index is 12.1. The summed E-state index contributed by atoms with van der Waals surface area (Å²) >= 11 is 0. The molecule has 0 amide bonds. The monoisotopic (exact) mass is 244 g/mol. The van der Waals surface area contributed by atoms with E-state index in [1.165, 1.54) is 24.4 Å².